The Kier molecular flexibility index (Phi) is 4.31. The van der Waals surface area contributed by atoms with E-state index in [9.17, 15) is 13.2 Å². The van der Waals surface area contributed by atoms with Gasteiger partial charge in [0.25, 0.3) is 0 Å². The van der Waals surface area contributed by atoms with Gasteiger partial charge in [-0.3, -0.25) is 4.79 Å². The van der Waals surface area contributed by atoms with Crippen molar-refractivity contribution >= 4 is 15.8 Å². The number of quaternary nitrogens is 1. The molecule has 0 aromatic rings. The molecule has 4 rings (SSSR count). The minimum Gasteiger partial charge on any atom is -0.462 e. The number of carbonyl (C=O) groups excluding carboxylic acids is 1. The average molecular weight is 383 g/mol. The molecule has 0 bridgehead atoms. The second-order valence-electron chi connectivity index (χ2n) is 9.84. The van der Waals surface area contributed by atoms with E-state index in [1.807, 2.05) is 6.92 Å². The summed E-state index contributed by atoms with van der Waals surface area (Å²) < 4.78 is 29.5. The zero-order valence-electron chi connectivity index (χ0n) is 16.0. The fourth-order valence-electron chi connectivity index (χ4n) is 6.13. The van der Waals surface area contributed by atoms with Crippen LogP contribution in [0.1, 0.15) is 52.4 Å². The van der Waals surface area contributed by atoms with Crippen LogP contribution >= 0.6 is 0 Å². The molecule has 0 aromatic heterocycles. The van der Waals surface area contributed by atoms with Crippen molar-refractivity contribution in [3.63, 3.8) is 0 Å². The van der Waals surface area contributed by atoms with Crippen LogP contribution in [0.3, 0.4) is 0 Å². The van der Waals surface area contributed by atoms with E-state index >= 15 is 0 Å². The number of allylic oxidation sites excluding steroid dienone is 1. The number of sulfone groups is 1. The fourth-order valence-corrected chi connectivity index (χ4v) is 8.32. The highest BCUT2D eigenvalue weighted by Gasteiger charge is 2.56. The molecule has 4 fully saturated rings. The smallest absolute Gasteiger partial charge is 0.315 e. The van der Waals surface area contributed by atoms with Crippen LogP contribution in [-0.2, 0) is 19.4 Å². The summed E-state index contributed by atoms with van der Waals surface area (Å²) in [5.41, 5.74) is 1.28. The predicted octanol–water partition coefficient (Wildman–Crippen LogP) is 1.44. The molecule has 0 radical (unpaired) electrons. The maximum Gasteiger partial charge on any atom is 0.315 e. The van der Waals surface area contributed by atoms with E-state index in [4.69, 9.17) is 4.74 Å². The number of hydrogen-bond acceptors (Lipinski definition) is 4. The zero-order chi connectivity index (χ0) is 18.7. The van der Waals surface area contributed by atoms with Crippen LogP contribution in [0, 0.1) is 23.2 Å². The Balaban J connectivity index is 1.47. The van der Waals surface area contributed by atoms with Crippen molar-refractivity contribution in [3.8, 4) is 0 Å². The van der Waals surface area contributed by atoms with Gasteiger partial charge in [-0.25, -0.2) is 8.42 Å². The normalized spacial score (nSPS) is 47.3. The first kappa shape index (κ1) is 18.5. The highest BCUT2D eigenvalue weighted by molar-refractivity contribution is 7.91. The largest absolute Gasteiger partial charge is 0.462 e. The number of hydrogen-bond donors (Lipinski definition) is 1. The lowest BCUT2D eigenvalue weighted by molar-refractivity contribution is -0.722. The molecule has 0 amide bonds. The third-order valence-electron chi connectivity index (χ3n) is 7.72. The van der Waals surface area contributed by atoms with Gasteiger partial charge in [0.05, 0.1) is 12.3 Å². The number of fused-ring (bicyclic) bond motifs is 2. The molecule has 4 aliphatic rings. The van der Waals surface area contributed by atoms with Crippen LogP contribution in [0.25, 0.3) is 0 Å². The van der Waals surface area contributed by atoms with Crippen LogP contribution in [0.2, 0.25) is 0 Å². The summed E-state index contributed by atoms with van der Waals surface area (Å²) in [6.45, 7) is 9.33. The van der Waals surface area contributed by atoms with E-state index in [0.29, 0.717) is 18.9 Å². The quantitative estimate of drug-likeness (QED) is 0.592. The summed E-state index contributed by atoms with van der Waals surface area (Å²) in [5, 5.41) is 2.11. The molecule has 26 heavy (non-hydrogen) atoms. The Labute approximate surface area is 156 Å². The molecule has 6 atom stereocenters. The van der Waals surface area contributed by atoms with Crippen molar-refractivity contribution in [1.82, 2.24) is 0 Å². The molecule has 6 heteroatoms. The van der Waals surface area contributed by atoms with Crippen molar-refractivity contribution in [2.45, 2.75) is 64.0 Å². The van der Waals surface area contributed by atoms with Gasteiger partial charge in [0.2, 0.25) is 0 Å². The maximum atomic E-state index is 12.6. The zero-order valence-corrected chi connectivity index (χ0v) is 16.8. The minimum atomic E-state index is -2.93. The van der Waals surface area contributed by atoms with Crippen molar-refractivity contribution < 1.29 is 23.3 Å². The lowest BCUT2D eigenvalue weighted by atomic mass is 9.55. The van der Waals surface area contributed by atoms with Gasteiger partial charge in [0.15, 0.2) is 9.84 Å². The molecule has 0 aromatic carbocycles. The summed E-state index contributed by atoms with van der Waals surface area (Å²) in [6.07, 6.45) is 6.16. The van der Waals surface area contributed by atoms with Crippen LogP contribution in [0.15, 0.2) is 12.2 Å². The SMILES string of the molecule is C=C1CCC[C@]2(C)C[C@H]3OC(=O)[C@H](C[NH2+][C@]4(C)CCS(=O)(=O)C4)[C@H]3C[C@H]12. The van der Waals surface area contributed by atoms with Crippen LogP contribution in [-0.4, -0.2) is 44.1 Å². The summed E-state index contributed by atoms with van der Waals surface area (Å²) in [4.78, 5) is 12.6. The molecule has 2 N–H and O–H groups in total. The third kappa shape index (κ3) is 3.13. The van der Waals surface area contributed by atoms with E-state index in [1.54, 1.807) is 0 Å². The van der Waals surface area contributed by atoms with E-state index in [1.165, 1.54) is 18.4 Å². The van der Waals surface area contributed by atoms with E-state index in [2.05, 4.69) is 18.8 Å². The fraction of sp³-hybridized carbons (Fsp3) is 0.850. The number of ether oxygens (including phenoxy) is 1. The van der Waals surface area contributed by atoms with Crippen LogP contribution < -0.4 is 5.32 Å². The summed E-state index contributed by atoms with van der Waals surface area (Å²) in [6, 6.07) is 0. The Morgan fingerprint density at radius 3 is 2.77 bits per heavy atom. The molecule has 146 valence electrons. The number of rotatable bonds is 3. The Morgan fingerprint density at radius 2 is 2.08 bits per heavy atom. The average Bonchev–Trinajstić information content (AvgIpc) is 2.98. The molecule has 0 unspecified atom stereocenters. The highest BCUT2D eigenvalue weighted by Crippen LogP contribution is 2.56. The molecule has 5 nitrogen and oxygen atoms in total. The molecular weight excluding hydrogens is 350 g/mol. The van der Waals surface area contributed by atoms with Gasteiger partial charge >= 0.3 is 5.97 Å². The van der Waals surface area contributed by atoms with E-state index in [-0.39, 0.29) is 46.4 Å². The van der Waals surface area contributed by atoms with Gasteiger partial charge in [-0.15, -0.1) is 0 Å². The van der Waals surface area contributed by atoms with Gasteiger partial charge in [-0.2, -0.15) is 0 Å². The van der Waals surface area contributed by atoms with Gasteiger partial charge in [-0.1, -0.05) is 19.1 Å². The first-order valence-corrected chi connectivity index (χ1v) is 11.9. The summed E-state index contributed by atoms with van der Waals surface area (Å²) >= 11 is 0. The van der Waals surface area contributed by atoms with Crippen molar-refractivity contribution in [2.24, 2.45) is 23.2 Å². The summed E-state index contributed by atoms with van der Waals surface area (Å²) in [7, 11) is -2.93. The molecular formula is C20H32NO4S+. The minimum absolute atomic E-state index is 0.0353. The Bertz CT molecular complexity index is 732. The topological polar surface area (TPSA) is 77.0 Å². The van der Waals surface area contributed by atoms with Gasteiger partial charge in [0, 0.05) is 12.3 Å². The molecule has 0 spiro atoms. The van der Waals surface area contributed by atoms with E-state index in [0.717, 1.165) is 19.3 Å². The third-order valence-corrected chi connectivity index (χ3v) is 9.64. The number of carbonyl (C=O) groups is 1. The Hall–Kier alpha value is -0.880. The lowest BCUT2D eigenvalue weighted by Gasteiger charge is -2.49. The molecule has 2 saturated heterocycles. The van der Waals surface area contributed by atoms with Crippen molar-refractivity contribution in [3.05, 3.63) is 12.2 Å². The number of nitrogens with two attached hydrogens (primary N) is 1. The second kappa shape index (κ2) is 6.06. The monoisotopic (exact) mass is 382 g/mol. The lowest BCUT2D eigenvalue weighted by Crippen LogP contribution is -2.97. The standard InChI is InChI=1S/C20H31NO4S/c1-13-5-4-6-19(2)10-17-14(9-16(13)19)15(18(22)25-17)11-21-20(3)7-8-26(23,24)12-20/h14-17,21H,1,4-12H2,2-3H3/p+1/t14-,15-,16-,17-,19-,20-/m1/s1. The molecule has 2 aliphatic carbocycles. The van der Waals surface area contributed by atoms with Gasteiger partial charge in [0.1, 0.15) is 23.3 Å². The molecule has 2 heterocycles. The molecule has 2 saturated carbocycles. The second-order valence-corrected chi connectivity index (χ2v) is 12.0. The molecule has 2 aliphatic heterocycles. The first-order valence-electron chi connectivity index (χ1n) is 10.0. The van der Waals surface area contributed by atoms with Gasteiger partial charge < -0.3 is 10.1 Å². The van der Waals surface area contributed by atoms with E-state index < -0.39 is 9.84 Å². The summed E-state index contributed by atoms with van der Waals surface area (Å²) in [5.74, 6) is 1.05. The van der Waals surface area contributed by atoms with Crippen molar-refractivity contribution in [1.29, 1.82) is 0 Å². The highest BCUT2D eigenvalue weighted by atomic mass is 32.2. The number of esters is 1. The van der Waals surface area contributed by atoms with Gasteiger partial charge in [-0.05, 0) is 50.4 Å². The van der Waals surface area contributed by atoms with Crippen molar-refractivity contribution in [2.75, 3.05) is 18.1 Å². The first-order chi connectivity index (χ1) is 12.1. The Morgan fingerprint density at radius 1 is 1.31 bits per heavy atom. The predicted molar refractivity (Wildman–Crippen MR) is 99.2 cm³/mol. The maximum absolute atomic E-state index is 12.6. The van der Waals surface area contributed by atoms with Crippen LogP contribution in [0.5, 0.6) is 0 Å². The van der Waals surface area contributed by atoms with Crippen LogP contribution in [0.4, 0.5) is 0 Å².